The van der Waals surface area contributed by atoms with Crippen molar-refractivity contribution in [1.29, 1.82) is 0 Å². The van der Waals surface area contributed by atoms with Crippen molar-refractivity contribution in [3.63, 3.8) is 0 Å². The number of furan rings is 1. The van der Waals surface area contributed by atoms with Gasteiger partial charge < -0.3 is 14.8 Å². The Morgan fingerprint density at radius 2 is 2.55 bits per heavy atom. The van der Waals surface area contributed by atoms with E-state index < -0.39 is 0 Å². The summed E-state index contributed by atoms with van der Waals surface area (Å²) < 4.78 is 4.85. The largest absolute Gasteiger partial charge is 0.465 e. The molecule has 0 saturated heterocycles. The van der Waals surface area contributed by atoms with Crippen molar-refractivity contribution in [2.24, 2.45) is 0 Å². The number of carbonyl (C=O) groups excluding carboxylic acids is 1. The Bertz CT molecular complexity index is 254. The summed E-state index contributed by atoms with van der Waals surface area (Å²) in [5.74, 6) is 0.282. The topological polar surface area (TPSA) is 62.5 Å². The minimum absolute atomic E-state index is 0.153. The molecule has 4 heteroatoms. The molecule has 0 aromatic carbocycles. The molecule has 60 valence electrons. The van der Waals surface area contributed by atoms with Crippen LogP contribution in [0, 0.1) is 0 Å². The number of aliphatic hydroxyl groups is 1. The van der Waals surface area contributed by atoms with Crippen molar-refractivity contribution < 1.29 is 14.3 Å². The van der Waals surface area contributed by atoms with Crippen molar-refractivity contribution in [3.05, 3.63) is 18.1 Å². The van der Waals surface area contributed by atoms with E-state index in [0.717, 1.165) is 0 Å². The zero-order chi connectivity index (χ0) is 8.27. The third-order valence-electron chi connectivity index (χ3n) is 1.13. The van der Waals surface area contributed by atoms with Crippen LogP contribution in [0.4, 0.5) is 5.69 Å². The average molecular weight is 155 g/mol. The Morgan fingerprint density at radius 1 is 1.82 bits per heavy atom. The van der Waals surface area contributed by atoms with E-state index in [1.54, 1.807) is 6.07 Å². The van der Waals surface area contributed by atoms with Crippen molar-refractivity contribution in [2.45, 2.75) is 13.5 Å². The first kappa shape index (κ1) is 7.81. The van der Waals surface area contributed by atoms with Crippen LogP contribution in [0.2, 0.25) is 0 Å². The highest BCUT2D eigenvalue weighted by molar-refractivity contribution is 5.88. The van der Waals surface area contributed by atoms with Crippen LogP contribution in [0.5, 0.6) is 0 Å². The number of rotatable bonds is 2. The maximum Gasteiger partial charge on any atom is 0.221 e. The van der Waals surface area contributed by atoms with Gasteiger partial charge in [-0.3, -0.25) is 4.79 Å². The fourth-order valence-electron chi connectivity index (χ4n) is 0.732. The maximum absolute atomic E-state index is 10.5. The van der Waals surface area contributed by atoms with Crippen LogP contribution in [0.15, 0.2) is 16.7 Å². The van der Waals surface area contributed by atoms with Gasteiger partial charge in [-0.15, -0.1) is 0 Å². The molecule has 0 aliphatic rings. The third-order valence-corrected chi connectivity index (χ3v) is 1.13. The summed E-state index contributed by atoms with van der Waals surface area (Å²) in [5.41, 5.74) is 0.571. The van der Waals surface area contributed by atoms with Crippen LogP contribution < -0.4 is 5.32 Å². The van der Waals surface area contributed by atoms with Crippen LogP contribution in [0.1, 0.15) is 12.7 Å². The number of hydrogen-bond acceptors (Lipinski definition) is 3. The smallest absolute Gasteiger partial charge is 0.221 e. The van der Waals surface area contributed by atoms with Gasteiger partial charge in [-0.2, -0.15) is 0 Å². The Hall–Kier alpha value is -1.29. The van der Waals surface area contributed by atoms with Gasteiger partial charge >= 0.3 is 0 Å². The van der Waals surface area contributed by atoms with Gasteiger partial charge in [-0.05, 0) is 0 Å². The summed E-state index contributed by atoms with van der Waals surface area (Å²) in [7, 11) is 0. The summed E-state index contributed by atoms with van der Waals surface area (Å²) in [4.78, 5) is 10.5. The molecule has 4 nitrogen and oxygen atoms in total. The number of anilines is 1. The second-order valence-corrected chi connectivity index (χ2v) is 2.14. The molecule has 1 rings (SSSR count). The molecule has 0 fully saturated rings. The second-order valence-electron chi connectivity index (χ2n) is 2.14. The number of hydrogen-bond donors (Lipinski definition) is 2. The molecule has 0 spiro atoms. The van der Waals surface area contributed by atoms with Crippen LogP contribution in [-0.2, 0) is 11.4 Å². The lowest BCUT2D eigenvalue weighted by molar-refractivity contribution is -0.114. The Balaban J connectivity index is 2.65. The van der Waals surface area contributed by atoms with Gasteiger partial charge in [-0.25, -0.2) is 0 Å². The molecule has 1 amide bonds. The van der Waals surface area contributed by atoms with E-state index in [9.17, 15) is 4.79 Å². The maximum atomic E-state index is 10.5. The minimum atomic E-state index is -0.157. The van der Waals surface area contributed by atoms with Crippen molar-refractivity contribution in [3.8, 4) is 0 Å². The van der Waals surface area contributed by atoms with Gasteiger partial charge in [0.2, 0.25) is 5.91 Å². The van der Waals surface area contributed by atoms with E-state index in [1.807, 2.05) is 0 Å². The molecule has 0 atom stereocenters. The predicted molar refractivity (Wildman–Crippen MR) is 38.9 cm³/mol. The van der Waals surface area contributed by atoms with Crippen LogP contribution in [-0.4, -0.2) is 11.0 Å². The van der Waals surface area contributed by atoms with Crippen LogP contribution in [0.25, 0.3) is 0 Å². The summed E-state index contributed by atoms with van der Waals surface area (Å²) in [5, 5.41) is 11.1. The van der Waals surface area contributed by atoms with Crippen molar-refractivity contribution >= 4 is 11.6 Å². The number of aliphatic hydroxyl groups excluding tert-OH is 1. The second kappa shape index (κ2) is 3.21. The van der Waals surface area contributed by atoms with Crippen molar-refractivity contribution in [1.82, 2.24) is 0 Å². The molecule has 0 bridgehead atoms. The highest BCUT2D eigenvalue weighted by Crippen LogP contribution is 2.12. The molecule has 0 aliphatic heterocycles. The molecule has 0 saturated carbocycles. The molecular formula is C7H9NO3. The first-order valence-electron chi connectivity index (χ1n) is 3.18. The Labute approximate surface area is 63.8 Å². The fourth-order valence-corrected chi connectivity index (χ4v) is 0.732. The highest BCUT2D eigenvalue weighted by atomic mass is 16.4. The quantitative estimate of drug-likeness (QED) is 0.661. The SMILES string of the molecule is CC(=O)Nc1coc(CO)c1. The average Bonchev–Trinajstić information content (AvgIpc) is 2.34. The van der Waals surface area contributed by atoms with Gasteiger partial charge in [-0.1, -0.05) is 0 Å². The zero-order valence-corrected chi connectivity index (χ0v) is 6.13. The molecule has 11 heavy (non-hydrogen) atoms. The zero-order valence-electron chi connectivity index (χ0n) is 6.13. The lowest BCUT2D eigenvalue weighted by Crippen LogP contribution is -2.04. The molecular weight excluding hydrogens is 146 g/mol. The number of carbonyl (C=O) groups is 1. The van der Waals surface area contributed by atoms with Crippen molar-refractivity contribution in [2.75, 3.05) is 5.32 Å². The summed E-state index contributed by atoms with van der Waals surface area (Å²) in [6, 6.07) is 1.57. The van der Waals surface area contributed by atoms with Gasteiger partial charge in [0.1, 0.15) is 18.6 Å². The Kier molecular flexibility index (Phi) is 2.28. The lowest BCUT2D eigenvalue weighted by Gasteiger charge is -1.92. The molecule has 0 radical (unpaired) electrons. The van der Waals surface area contributed by atoms with E-state index in [-0.39, 0.29) is 12.5 Å². The van der Waals surface area contributed by atoms with Gasteiger partial charge in [0.05, 0.1) is 5.69 Å². The van der Waals surface area contributed by atoms with E-state index in [0.29, 0.717) is 11.4 Å². The first-order chi connectivity index (χ1) is 5.22. The lowest BCUT2D eigenvalue weighted by atomic mass is 10.4. The summed E-state index contributed by atoms with van der Waals surface area (Å²) >= 11 is 0. The molecule has 0 unspecified atom stereocenters. The summed E-state index contributed by atoms with van der Waals surface area (Å²) in [6.07, 6.45) is 1.38. The monoisotopic (exact) mass is 155 g/mol. The Morgan fingerprint density at radius 3 is 3.00 bits per heavy atom. The number of nitrogens with one attached hydrogen (secondary N) is 1. The van der Waals surface area contributed by atoms with Gasteiger partial charge in [0, 0.05) is 13.0 Å². The molecule has 1 aromatic rings. The molecule has 1 heterocycles. The van der Waals surface area contributed by atoms with E-state index in [1.165, 1.54) is 13.2 Å². The van der Waals surface area contributed by atoms with Crippen LogP contribution >= 0.6 is 0 Å². The number of amides is 1. The standard InChI is InChI=1S/C7H9NO3/c1-5(10)8-6-2-7(3-9)11-4-6/h2,4,9H,3H2,1H3,(H,8,10). The highest BCUT2D eigenvalue weighted by Gasteiger charge is 2.00. The van der Waals surface area contributed by atoms with Gasteiger partial charge in [0.15, 0.2) is 0 Å². The predicted octanol–water partition coefficient (Wildman–Crippen LogP) is 0.730. The van der Waals surface area contributed by atoms with E-state index in [4.69, 9.17) is 9.52 Å². The third kappa shape index (κ3) is 2.09. The molecule has 2 N–H and O–H groups in total. The molecule has 0 aliphatic carbocycles. The van der Waals surface area contributed by atoms with E-state index >= 15 is 0 Å². The molecule has 1 aromatic heterocycles. The van der Waals surface area contributed by atoms with Crippen LogP contribution in [0.3, 0.4) is 0 Å². The van der Waals surface area contributed by atoms with E-state index in [2.05, 4.69) is 5.32 Å². The normalized spacial score (nSPS) is 9.64. The fraction of sp³-hybridized carbons (Fsp3) is 0.286. The van der Waals surface area contributed by atoms with Gasteiger partial charge in [0.25, 0.3) is 0 Å². The first-order valence-corrected chi connectivity index (χ1v) is 3.18. The minimum Gasteiger partial charge on any atom is -0.465 e. The summed E-state index contributed by atoms with van der Waals surface area (Å²) in [6.45, 7) is 1.26.